The number of hydrogen-bond acceptors (Lipinski definition) is 4. The van der Waals surface area contributed by atoms with E-state index in [2.05, 4.69) is 9.97 Å². The highest BCUT2D eigenvalue weighted by molar-refractivity contribution is 5.73. The Balaban J connectivity index is 1.76. The van der Waals surface area contributed by atoms with E-state index in [-0.39, 0.29) is 12.2 Å². The van der Waals surface area contributed by atoms with Crippen LogP contribution < -0.4 is 0 Å². The van der Waals surface area contributed by atoms with Gasteiger partial charge in [-0.25, -0.2) is 4.98 Å². The van der Waals surface area contributed by atoms with Gasteiger partial charge >= 0.3 is 0 Å². The van der Waals surface area contributed by atoms with Gasteiger partial charge in [0.15, 0.2) is 0 Å². The summed E-state index contributed by atoms with van der Waals surface area (Å²) in [6.45, 7) is 0. The lowest BCUT2D eigenvalue weighted by Crippen LogP contribution is -2.39. The third-order valence-corrected chi connectivity index (χ3v) is 4.25. The molecule has 2 bridgehead atoms. The van der Waals surface area contributed by atoms with Crippen LogP contribution in [-0.4, -0.2) is 27.3 Å². The molecule has 2 saturated heterocycles. The lowest BCUT2D eigenvalue weighted by atomic mass is 9.87. The number of ether oxygens (including phenoxy) is 1. The zero-order valence-electron chi connectivity index (χ0n) is 10.6. The zero-order chi connectivity index (χ0) is 12.9. The zero-order valence-corrected chi connectivity index (χ0v) is 10.6. The second-order valence-electron chi connectivity index (χ2n) is 5.64. The van der Waals surface area contributed by atoms with E-state index in [0.29, 0.717) is 18.5 Å². The summed E-state index contributed by atoms with van der Waals surface area (Å²) in [4.78, 5) is 9.01. The number of para-hydroxylation sites is 2. The third-order valence-electron chi connectivity index (χ3n) is 4.25. The molecule has 2 unspecified atom stereocenters. The molecule has 2 aromatic rings. The van der Waals surface area contributed by atoms with Crippen LogP contribution in [-0.2, 0) is 10.3 Å². The van der Waals surface area contributed by atoms with Gasteiger partial charge in [-0.15, -0.1) is 0 Å². The van der Waals surface area contributed by atoms with E-state index in [1.165, 1.54) is 0 Å². The molecule has 0 saturated carbocycles. The second kappa shape index (κ2) is 3.99. The maximum Gasteiger partial charge on any atom is 0.113 e. The lowest BCUT2D eigenvalue weighted by molar-refractivity contribution is -0.117. The molecular formula is C15H16N2O2. The van der Waals surface area contributed by atoms with Crippen molar-refractivity contribution in [3.05, 3.63) is 36.2 Å². The molecule has 2 aliphatic rings. The topological polar surface area (TPSA) is 55.2 Å². The van der Waals surface area contributed by atoms with E-state index >= 15 is 0 Å². The summed E-state index contributed by atoms with van der Waals surface area (Å²) in [5, 5.41) is 10.9. The molecule has 1 aromatic carbocycles. The lowest BCUT2D eigenvalue weighted by Gasteiger charge is -2.35. The Kier molecular flexibility index (Phi) is 2.37. The Hall–Kier alpha value is -1.52. The van der Waals surface area contributed by atoms with Gasteiger partial charge < -0.3 is 9.84 Å². The Bertz CT molecular complexity index is 616. The number of hydrogen-bond donors (Lipinski definition) is 1. The number of aliphatic hydroxyl groups is 1. The standard InChI is InChI=1S/C15H16N2O2/c18-15(7-10-5-6-11(8-15)19-10)14-9-16-12-3-1-2-4-13(12)17-14/h1-4,9-11,18H,5-8H2. The fourth-order valence-corrected chi connectivity index (χ4v) is 3.31. The largest absolute Gasteiger partial charge is 0.383 e. The minimum absolute atomic E-state index is 0.178. The number of benzene rings is 1. The van der Waals surface area contributed by atoms with Gasteiger partial charge in [0, 0.05) is 12.8 Å². The van der Waals surface area contributed by atoms with Gasteiger partial charge in [0.1, 0.15) is 5.60 Å². The van der Waals surface area contributed by atoms with Crippen LogP contribution in [0.4, 0.5) is 0 Å². The molecule has 1 N–H and O–H groups in total. The van der Waals surface area contributed by atoms with Crippen LogP contribution in [0.25, 0.3) is 11.0 Å². The van der Waals surface area contributed by atoms with E-state index in [1.54, 1.807) is 6.20 Å². The summed E-state index contributed by atoms with van der Waals surface area (Å²) in [5.74, 6) is 0. The average molecular weight is 256 g/mol. The predicted molar refractivity (Wildman–Crippen MR) is 70.6 cm³/mol. The number of nitrogens with zero attached hydrogens (tertiary/aromatic N) is 2. The molecule has 2 aliphatic heterocycles. The van der Waals surface area contributed by atoms with Crippen LogP contribution in [0.3, 0.4) is 0 Å². The average Bonchev–Trinajstić information content (AvgIpc) is 2.78. The van der Waals surface area contributed by atoms with Crippen molar-refractivity contribution in [3.8, 4) is 0 Å². The van der Waals surface area contributed by atoms with Crippen molar-refractivity contribution in [2.45, 2.75) is 43.5 Å². The van der Waals surface area contributed by atoms with Crippen molar-refractivity contribution in [2.75, 3.05) is 0 Å². The maximum absolute atomic E-state index is 10.9. The second-order valence-corrected chi connectivity index (χ2v) is 5.64. The minimum atomic E-state index is -0.874. The van der Waals surface area contributed by atoms with E-state index in [9.17, 15) is 5.11 Å². The van der Waals surface area contributed by atoms with Crippen molar-refractivity contribution in [3.63, 3.8) is 0 Å². The van der Waals surface area contributed by atoms with Crippen LogP contribution in [0.1, 0.15) is 31.4 Å². The molecule has 19 heavy (non-hydrogen) atoms. The summed E-state index contributed by atoms with van der Waals surface area (Å²) < 4.78 is 5.79. The third kappa shape index (κ3) is 1.83. The summed E-state index contributed by atoms with van der Waals surface area (Å²) in [7, 11) is 0. The molecular weight excluding hydrogens is 240 g/mol. The van der Waals surface area contributed by atoms with Gasteiger partial charge in [-0.05, 0) is 25.0 Å². The first-order chi connectivity index (χ1) is 9.23. The molecule has 0 amide bonds. The monoisotopic (exact) mass is 256 g/mol. The smallest absolute Gasteiger partial charge is 0.113 e. The molecule has 4 heteroatoms. The predicted octanol–water partition coefficient (Wildman–Crippen LogP) is 2.16. The van der Waals surface area contributed by atoms with Crippen LogP contribution in [0, 0.1) is 0 Å². The molecule has 4 rings (SSSR count). The van der Waals surface area contributed by atoms with Gasteiger partial charge in [-0.2, -0.15) is 0 Å². The molecule has 98 valence electrons. The van der Waals surface area contributed by atoms with E-state index in [0.717, 1.165) is 23.9 Å². The first-order valence-electron chi connectivity index (χ1n) is 6.83. The molecule has 0 radical (unpaired) electrons. The Morgan fingerprint density at radius 2 is 1.79 bits per heavy atom. The fourth-order valence-electron chi connectivity index (χ4n) is 3.31. The molecule has 0 spiro atoms. The van der Waals surface area contributed by atoms with E-state index in [4.69, 9.17) is 4.74 Å². The molecule has 2 fully saturated rings. The van der Waals surface area contributed by atoms with Gasteiger partial charge in [0.25, 0.3) is 0 Å². The highest BCUT2D eigenvalue weighted by Crippen LogP contribution is 2.43. The molecule has 3 heterocycles. The molecule has 2 atom stereocenters. The molecule has 4 nitrogen and oxygen atoms in total. The first-order valence-corrected chi connectivity index (χ1v) is 6.83. The van der Waals surface area contributed by atoms with Crippen molar-refractivity contribution < 1.29 is 9.84 Å². The van der Waals surface area contributed by atoms with Crippen LogP contribution in [0.5, 0.6) is 0 Å². The summed E-state index contributed by atoms with van der Waals surface area (Å²) in [5.41, 5.74) is 1.52. The summed E-state index contributed by atoms with van der Waals surface area (Å²) in [6, 6.07) is 7.76. The van der Waals surface area contributed by atoms with Gasteiger partial charge in [-0.1, -0.05) is 12.1 Å². The Labute approximate surface area is 111 Å². The fraction of sp³-hybridized carbons (Fsp3) is 0.467. The number of rotatable bonds is 1. The SMILES string of the molecule is OC1(c2cnc3ccccc3n2)CC2CCC(C1)O2. The van der Waals surface area contributed by atoms with E-state index in [1.807, 2.05) is 24.3 Å². The summed E-state index contributed by atoms with van der Waals surface area (Å²) in [6.07, 6.45) is 5.44. The number of aromatic nitrogens is 2. The van der Waals surface area contributed by atoms with Crippen molar-refractivity contribution in [1.82, 2.24) is 9.97 Å². The van der Waals surface area contributed by atoms with Gasteiger partial charge in [0.05, 0.1) is 35.1 Å². The summed E-state index contributed by atoms with van der Waals surface area (Å²) >= 11 is 0. The van der Waals surface area contributed by atoms with Crippen LogP contribution in [0.15, 0.2) is 30.5 Å². The Morgan fingerprint density at radius 1 is 1.11 bits per heavy atom. The minimum Gasteiger partial charge on any atom is -0.383 e. The molecule has 0 aliphatic carbocycles. The van der Waals surface area contributed by atoms with E-state index < -0.39 is 5.60 Å². The molecule has 1 aromatic heterocycles. The quantitative estimate of drug-likeness (QED) is 0.849. The Morgan fingerprint density at radius 3 is 2.53 bits per heavy atom. The maximum atomic E-state index is 10.9. The van der Waals surface area contributed by atoms with Crippen molar-refractivity contribution in [1.29, 1.82) is 0 Å². The van der Waals surface area contributed by atoms with Crippen molar-refractivity contribution >= 4 is 11.0 Å². The first kappa shape index (κ1) is 11.3. The van der Waals surface area contributed by atoms with Crippen molar-refractivity contribution in [2.24, 2.45) is 0 Å². The van der Waals surface area contributed by atoms with Gasteiger partial charge in [0.2, 0.25) is 0 Å². The van der Waals surface area contributed by atoms with Crippen LogP contribution in [0.2, 0.25) is 0 Å². The highest BCUT2D eigenvalue weighted by Gasteiger charge is 2.45. The number of fused-ring (bicyclic) bond motifs is 3. The highest BCUT2D eigenvalue weighted by atomic mass is 16.5. The normalized spacial score (nSPS) is 33.7. The van der Waals surface area contributed by atoms with Crippen LogP contribution >= 0.6 is 0 Å². The van der Waals surface area contributed by atoms with Gasteiger partial charge in [-0.3, -0.25) is 4.98 Å².